The van der Waals surface area contributed by atoms with Crippen molar-refractivity contribution in [1.82, 2.24) is 10.6 Å². The summed E-state index contributed by atoms with van der Waals surface area (Å²) in [5, 5.41) is 7.09. The topological polar surface area (TPSA) is 24.1 Å². The molecule has 2 N–H and O–H groups in total. The van der Waals surface area contributed by atoms with Gasteiger partial charge in [-0.3, -0.25) is 0 Å². The number of benzene rings is 1. The Bertz CT molecular complexity index is 342. The van der Waals surface area contributed by atoms with Crippen molar-refractivity contribution in [2.75, 3.05) is 6.54 Å². The Kier molecular flexibility index (Phi) is 6.42. The van der Waals surface area contributed by atoms with E-state index >= 15 is 0 Å². The molecule has 0 bridgehead atoms. The van der Waals surface area contributed by atoms with Gasteiger partial charge in [0.05, 0.1) is 0 Å². The van der Waals surface area contributed by atoms with Crippen molar-refractivity contribution in [3.05, 3.63) is 34.3 Å². The van der Waals surface area contributed by atoms with Crippen molar-refractivity contribution in [3.8, 4) is 0 Å². The Labute approximate surface area is 111 Å². The van der Waals surface area contributed by atoms with E-state index in [0.29, 0.717) is 0 Å². The minimum atomic E-state index is 0.730. The first-order valence-electron chi connectivity index (χ1n) is 5.48. The summed E-state index contributed by atoms with van der Waals surface area (Å²) in [4.78, 5) is 0. The Morgan fingerprint density at radius 2 is 2.19 bits per heavy atom. The van der Waals surface area contributed by atoms with Crippen molar-refractivity contribution in [2.24, 2.45) is 0 Å². The van der Waals surface area contributed by atoms with E-state index in [1.54, 1.807) is 0 Å². The van der Waals surface area contributed by atoms with Gasteiger partial charge < -0.3 is 10.6 Å². The highest BCUT2D eigenvalue weighted by Gasteiger charge is 1.96. The van der Waals surface area contributed by atoms with Crippen molar-refractivity contribution in [2.45, 2.75) is 26.3 Å². The van der Waals surface area contributed by atoms with E-state index in [1.165, 1.54) is 12.0 Å². The molecule has 0 saturated carbocycles. The van der Waals surface area contributed by atoms with Crippen LogP contribution in [0.4, 0.5) is 0 Å². The van der Waals surface area contributed by atoms with Crippen molar-refractivity contribution in [3.63, 3.8) is 0 Å². The first-order chi connectivity index (χ1) is 7.72. The van der Waals surface area contributed by atoms with Crippen molar-refractivity contribution >= 4 is 33.3 Å². The number of nitrogens with one attached hydrogen (secondary N) is 2. The average Bonchev–Trinajstić information content (AvgIpc) is 2.27. The molecule has 0 saturated heterocycles. The predicted octanol–water partition coefficient (Wildman–Crippen LogP) is 3.21. The number of hydrogen-bond donors (Lipinski definition) is 2. The molecule has 1 aromatic rings. The van der Waals surface area contributed by atoms with Gasteiger partial charge >= 0.3 is 0 Å². The number of unbranched alkanes of at least 4 members (excludes halogenated alkanes) is 1. The van der Waals surface area contributed by atoms with Crippen LogP contribution in [0.1, 0.15) is 25.3 Å². The van der Waals surface area contributed by atoms with Crippen molar-refractivity contribution < 1.29 is 0 Å². The Morgan fingerprint density at radius 1 is 1.38 bits per heavy atom. The first kappa shape index (κ1) is 13.5. The maximum atomic E-state index is 5.17. The van der Waals surface area contributed by atoms with Crippen LogP contribution in [0.2, 0.25) is 0 Å². The summed E-state index contributed by atoms with van der Waals surface area (Å²) >= 11 is 8.61. The van der Waals surface area contributed by atoms with Crippen LogP contribution in [-0.2, 0) is 6.54 Å². The fourth-order valence-electron chi connectivity index (χ4n) is 1.27. The molecular formula is C12H17BrN2S. The third-order valence-electron chi connectivity index (χ3n) is 2.16. The second-order valence-corrected chi connectivity index (χ2v) is 4.92. The smallest absolute Gasteiger partial charge is 0.166 e. The molecule has 0 atom stereocenters. The van der Waals surface area contributed by atoms with Crippen LogP contribution in [-0.4, -0.2) is 11.7 Å². The summed E-state index contributed by atoms with van der Waals surface area (Å²) < 4.78 is 1.09. The normalized spacial score (nSPS) is 9.88. The molecule has 0 aromatic heterocycles. The van der Waals surface area contributed by atoms with Gasteiger partial charge in [0, 0.05) is 17.6 Å². The second-order valence-electron chi connectivity index (χ2n) is 3.59. The van der Waals surface area contributed by atoms with E-state index in [-0.39, 0.29) is 0 Å². The monoisotopic (exact) mass is 300 g/mol. The molecule has 16 heavy (non-hydrogen) atoms. The molecule has 0 aliphatic heterocycles. The molecule has 1 rings (SSSR count). The van der Waals surface area contributed by atoms with E-state index in [2.05, 4.69) is 45.6 Å². The van der Waals surface area contributed by atoms with Crippen LogP contribution in [0, 0.1) is 0 Å². The van der Waals surface area contributed by atoms with E-state index in [4.69, 9.17) is 12.2 Å². The number of halogens is 1. The molecule has 0 radical (unpaired) electrons. The van der Waals surface area contributed by atoms with Crippen molar-refractivity contribution in [1.29, 1.82) is 0 Å². The molecule has 4 heteroatoms. The molecule has 0 unspecified atom stereocenters. The lowest BCUT2D eigenvalue weighted by Crippen LogP contribution is -2.35. The highest BCUT2D eigenvalue weighted by Crippen LogP contribution is 2.11. The molecule has 1 aromatic carbocycles. The fraction of sp³-hybridized carbons (Fsp3) is 0.417. The van der Waals surface area contributed by atoms with Gasteiger partial charge in [-0.2, -0.15) is 0 Å². The SMILES string of the molecule is CCCCNC(=S)NCc1cccc(Br)c1. The van der Waals surface area contributed by atoms with E-state index in [9.17, 15) is 0 Å². The van der Waals surface area contributed by atoms with E-state index < -0.39 is 0 Å². The summed E-state index contributed by atoms with van der Waals surface area (Å²) in [5.41, 5.74) is 1.22. The number of hydrogen-bond acceptors (Lipinski definition) is 1. The predicted molar refractivity (Wildman–Crippen MR) is 76.5 cm³/mol. The Morgan fingerprint density at radius 3 is 2.88 bits per heavy atom. The minimum Gasteiger partial charge on any atom is -0.363 e. The van der Waals surface area contributed by atoms with Gasteiger partial charge in [-0.05, 0) is 36.3 Å². The summed E-state index contributed by atoms with van der Waals surface area (Å²) in [7, 11) is 0. The molecule has 0 fully saturated rings. The highest BCUT2D eigenvalue weighted by atomic mass is 79.9. The van der Waals surface area contributed by atoms with Crippen LogP contribution >= 0.6 is 28.1 Å². The third-order valence-corrected chi connectivity index (χ3v) is 2.94. The average molecular weight is 301 g/mol. The van der Waals surface area contributed by atoms with Crippen LogP contribution < -0.4 is 10.6 Å². The zero-order chi connectivity index (χ0) is 11.8. The maximum Gasteiger partial charge on any atom is 0.166 e. The molecule has 0 amide bonds. The fourth-order valence-corrected chi connectivity index (χ4v) is 1.89. The van der Waals surface area contributed by atoms with Gasteiger partial charge in [0.15, 0.2) is 5.11 Å². The van der Waals surface area contributed by atoms with Gasteiger partial charge in [-0.15, -0.1) is 0 Å². The summed E-state index contributed by atoms with van der Waals surface area (Å²) in [6, 6.07) is 8.20. The molecule has 0 heterocycles. The summed E-state index contributed by atoms with van der Waals surface area (Å²) in [6.07, 6.45) is 2.33. The van der Waals surface area contributed by atoms with Crippen LogP contribution in [0.25, 0.3) is 0 Å². The number of thiocarbonyl (C=S) groups is 1. The van der Waals surface area contributed by atoms with Gasteiger partial charge in [0.2, 0.25) is 0 Å². The van der Waals surface area contributed by atoms with Gasteiger partial charge in [-0.1, -0.05) is 41.4 Å². The van der Waals surface area contributed by atoms with Crippen LogP contribution in [0.5, 0.6) is 0 Å². The molecular weight excluding hydrogens is 284 g/mol. The maximum absolute atomic E-state index is 5.17. The Balaban J connectivity index is 2.26. The first-order valence-corrected chi connectivity index (χ1v) is 6.68. The van der Waals surface area contributed by atoms with E-state index in [1.807, 2.05) is 12.1 Å². The largest absolute Gasteiger partial charge is 0.363 e. The minimum absolute atomic E-state index is 0.730. The summed E-state index contributed by atoms with van der Waals surface area (Å²) in [5.74, 6) is 0. The molecule has 0 spiro atoms. The van der Waals surface area contributed by atoms with Gasteiger partial charge in [0.25, 0.3) is 0 Å². The molecule has 2 nitrogen and oxygen atoms in total. The lowest BCUT2D eigenvalue weighted by Gasteiger charge is -2.10. The molecule has 88 valence electrons. The summed E-state index contributed by atoms with van der Waals surface area (Å²) in [6.45, 7) is 3.87. The molecule has 0 aliphatic rings. The highest BCUT2D eigenvalue weighted by molar-refractivity contribution is 9.10. The lowest BCUT2D eigenvalue weighted by molar-refractivity contribution is 0.739. The van der Waals surface area contributed by atoms with Crippen LogP contribution in [0.3, 0.4) is 0 Å². The quantitative estimate of drug-likeness (QED) is 0.645. The standard InChI is InChI=1S/C12H17BrN2S/c1-2-3-7-14-12(16)15-9-10-5-4-6-11(13)8-10/h4-6,8H,2-3,7,9H2,1H3,(H2,14,15,16). The van der Waals surface area contributed by atoms with E-state index in [0.717, 1.165) is 29.1 Å². The zero-order valence-electron chi connectivity index (χ0n) is 9.42. The van der Waals surface area contributed by atoms with Gasteiger partial charge in [-0.25, -0.2) is 0 Å². The Hall–Kier alpha value is -0.610. The number of rotatable bonds is 5. The van der Waals surface area contributed by atoms with Crippen LogP contribution in [0.15, 0.2) is 28.7 Å². The molecule has 0 aliphatic carbocycles. The third kappa shape index (κ3) is 5.47. The lowest BCUT2D eigenvalue weighted by atomic mass is 10.2. The van der Waals surface area contributed by atoms with Gasteiger partial charge in [0.1, 0.15) is 0 Å². The second kappa shape index (κ2) is 7.63. The zero-order valence-corrected chi connectivity index (χ0v) is 11.8.